The molecule has 1 aliphatic rings. The molecule has 2 rings (SSSR count). The van der Waals surface area contributed by atoms with Gasteiger partial charge in [-0.3, -0.25) is 0 Å². The van der Waals surface area contributed by atoms with Gasteiger partial charge in [-0.15, -0.1) is 0 Å². The quantitative estimate of drug-likeness (QED) is 0.907. The lowest BCUT2D eigenvalue weighted by Gasteiger charge is -2.43. The lowest BCUT2D eigenvalue weighted by molar-refractivity contribution is 0.268. The fourth-order valence-corrected chi connectivity index (χ4v) is 3.30. The van der Waals surface area contributed by atoms with Gasteiger partial charge in [-0.2, -0.15) is 0 Å². The average molecular weight is 274 g/mol. The molecule has 17 heavy (non-hydrogen) atoms. The predicted octanol–water partition coefficient (Wildman–Crippen LogP) is 1.62. The summed E-state index contributed by atoms with van der Waals surface area (Å²) in [5.41, 5.74) is 0.950. The molecule has 1 aromatic rings. The van der Waals surface area contributed by atoms with Gasteiger partial charge in [-0.05, 0) is 18.1 Å². The maximum atomic E-state index is 11.3. The van der Waals surface area contributed by atoms with E-state index < -0.39 is 9.84 Å². The molecular formula is C12H16ClNO2S. The second-order valence-corrected chi connectivity index (χ2v) is 7.41. The smallest absolute Gasteiger partial charge is 0.147 e. The van der Waals surface area contributed by atoms with E-state index in [-0.39, 0.29) is 11.2 Å². The van der Waals surface area contributed by atoms with Crippen molar-refractivity contribution in [2.24, 2.45) is 0 Å². The molecule has 1 heterocycles. The van der Waals surface area contributed by atoms with E-state index in [1.165, 1.54) is 6.26 Å². The highest BCUT2D eigenvalue weighted by Crippen LogP contribution is 2.36. The normalized spacial score (nSPS) is 18.7. The molecule has 1 aromatic carbocycles. The molecule has 0 aliphatic carbocycles. The summed E-state index contributed by atoms with van der Waals surface area (Å²) < 4.78 is 22.6. The molecule has 1 fully saturated rings. The highest BCUT2D eigenvalue weighted by molar-refractivity contribution is 7.90. The molecule has 94 valence electrons. The Hall–Kier alpha value is -0.580. The van der Waals surface area contributed by atoms with Crippen molar-refractivity contribution in [3.8, 4) is 0 Å². The Kier molecular flexibility index (Phi) is 3.48. The van der Waals surface area contributed by atoms with Gasteiger partial charge in [0.2, 0.25) is 0 Å². The average Bonchev–Trinajstić information content (AvgIpc) is 2.17. The maximum Gasteiger partial charge on any atom is 0.147 e. The fraction of sp³-hybridized carbons (Fsp3) is 0.500. The van der Waals surface area contributed by atoms with E-state index in [9.17, 15) is 8.42 Å². The Morgan fingerprint density at radius 3 is 2.47 bits per heavy atom. The van der Waals surface area contributed by atoms with E-state index in [0.717, 1.165) is 23.7 Å². The van der Waals surface area contributed by atoms with E-state index in [1.54, 1.807) is 0 Å². The van der Waals surface area contributed by atoms with Gasteiger partial charge >= 0.3 is 0 Å². The van der Waals surface area contributed by atoms with Crippen LogP contribution in [-0.2, 0) is 15.3 Å². The summed E-state index contributed by atoms with van der Waals surface area (Å²) in [4.78, 5) is 0. The lowest BCUT2D eigenvalue weighted by atomic mass is 9.73. The summed E-state index contributed by atoms with van der Waals surface area (Å²) in [6.07, 6.45) is 1.90. The Morgan fingerprint density at radius 2 is 2.00 bits per heavy atom. The number of rotatable bonds is 4. The molecular weight excluding hydrogens is 258 g/mol. The molecule has 3 nitrogen and oxygen atoms in total. The standard InChI is InChI=1S/C12H16ClNO2S/c1-17(15,16)7-6-12(8-14-9-12)10-4-2-3-5-11(10)13/h2-5,14H,6-9H2,1H3. The minimum absolute atomic E-state index is 0.110. The predicted molar refractivity (Wildman–Crippen MR) is 70.3 cm³/mol. The minimum Gasteiger partial charge on any atom is -0.315 e. The van der Waals surface area contributed by atoms with Crippen LogP contribution in [0.4, 0.5) is 0 Å². The van der Waals surface area contributed by atoms with Crippen LogP contribution in [0.2, 0.25) is 5.02 Å². The van der Waals surface area contributed by atoms with Gasteiger partial charge in [-0.1, -0.05) is 29.8 Å². The summed E-state index contributed by atoms with van der Waals surface area (Å²) in [5.74, 6) is 0.208. The number of hydrogen-bond acceptors (Lipinski definition) is 3. The van der Waals surface area contributed by atoms with Crippen LogP contribution in [0.25, 0.3) is 0 Å². The van der Waals surface area contributed by atoms with Gasteiger partial charge in [0.05, 0.1) is 5.75 Å². The van der Waals surface area contributed by atoms with Crippen molar-refractivity contribution in [1.29, 1.82) is 0 Å². The van der Waals surface area contributed by atoms with E-state index in [2.05, 4.69) is 5.32 Å². The molecule has 0 radical (unpaired) electrons. The molecule has 0 saturated carbocycles. The van der Waals surface area contributed by atoms with E-state index in [4.69, 9.17) is 11.6 Å². The van der Waals surface area contributed by atoms with E-state index >= 15 is 0 Å². The van der Waals surface area contributed by atoms with Crippen LogP contribution in [0, 0.1) is 0 Å². The van der Waals surface area contributed by atoms with Crippen LogP contribution in [0.5, 0.6) is 0 Å². The summed E-state index contributed by atoms with van der Waals surface area (Å²) in [6.45, 7) is 1.60. The van der Waals surface area contributed by atoms with Crippen LogP contribution in [0.3, 0.4) is 0 Å². The zero-order valence-corrected chi connectivity index (χ0v) is 11.3. The van der Waals surface area contributed by atoms with E-state index in [0.29, 0.717) is 6.42 Å². The molecule has 0 atom stereocenters. The summed E-state index contributed by atoms with van der Waals surface area (Å²) >= 11 is 6.19. The van der Waals surface area contributed by atoms with Gasteiger partial charge in [0.25, 0.3) is 0 Å². The van der Waals surface area contributed by atoms with Gasteiger partial charge in [-0.25, -0.2) is 8.42 Å². The Balaban J connectivity index is 2.23. The second kappa shape index (κ2) is 4.59. The van der Waals surface area contributed by atoms with Crippen molar-refractivity contribution in [2.45, 2.75) is 11.8 Å². The number of halogens is 1. The van der Waals surface area contributed by atoms with E-state index in [1.807, 2.05) is 24.3 Å². The van der Waals surface area contributed by atoms with Crippen molar-refractivity contribution >= 4 is 21.4 Å². The largest absolute Gasteiger partial charge is 0.315 e. The third-order valence-electron chi connectivity index (χ3n) is 3.32. The van der Waals surface area contributed by atoms with Crippen LogP contribution in [0.1, 0.15) is 12.0 Å². The SMILES string of the molecule is CS(=O)(=O)CCC1(c2ccccc2Cl)CNC1. The van der Waals surface area contributed by atoms with Crippen LogP contribution in [0.15, 0.2) is 24.3 Å². The van der Waals surface area contributed by atoms with Gasteiger partial charge in [0, 0.05) is 29.8 Å². The van der Waals surface area contributed by atoms with Crippen LogP contribution >= 0.6 is 11.6 Å². The number of benzene rings is 1. The molecule has 5 heteroatoms. The highest BCUT2D eigenvalue weighted by atomic mass is 35.5. The second-order valence-electron chi connectivity index (χ2n) is 4.74. The summed E-state index contributed by atoms with van der Waals surface area (Å²) in [7, 11) is -2.93. The molecule has 0 aromatic heterocycles. The van der Waals surface area contributed by atoms with Crippen molar-refractivity contribution in [1.82, 2.24) is 5.32 Å². The van der Waals surface area contributed by atoms with Crippen molar-refractivity contribution < 1.29 is 8.42 Å². The first-order valence-corrected chi connectivity index (χ1v) is 8.00. The minimum atomic E-state index is -2.93. The van der Waals surface area contributed by atoms with Crippen molar-refractivity contribution in [2.75, 3.05) is 25.1 Å². The van der Waals surface area contributed by atoms with Crippen molar-refractivity contribution in [3.63, 3.8) is 0 Å². The van der Waals surface area contributed by atoms with Crippen molar-refractivity contribution in [3.05, 3.63) is 34.9 Å². The first-order valence-electron chi connectivity index (χ1n) is 5.56. The Labute approximate surface area is 107 Å². The Bertz CT molecular complexity index is 509. The molecule has 0 amide bonds. The maximum absolute atomic E-state index is 11.3. The fourth-order valence-electron chi connectivity index (χ4n) is 2.20. The highest BCUT2D eigenvalue weighted by Gasteiger charge is 2.40. The van der Waals surface area contributed by atoms with Gasteiger partial charge < -0.3 is 5.32 Å². The zero-order valence-electron chi connectivity index (χ0n) is 9.74. The first-order chi connectivity index (χ1) is 7.93. The topological polar surface area (TPSA) is 46.2 Å². The number of nitrogens with one attached hydrogen (secondary N) is 1. The van der Waals surface area contributed by atoms with Crippen LogP contribution in [-0.4, -0.2) is 33.5 Å². The first kappa shape index (κ1) is 12.9. The summed E-state index contributed by atoms with van der Waals surface area (Å²) in [6, 6.07) is 7.69. The molecule has 0 bridgehead atoms. The molecule has 0 unspecified atom stereocenters. The van der Waals surface area contributed by atoms with Crippen LogP contribution < -0.4 is 5.32 Å². The molecule has 1 saturated heterocycles. The monoisotopic (exact) mass is 273 g/mol. The lowest BCUT2D eigenvalue weighted by Crippen LogP contribution is -2.57. The third kappa shape index (κ3) is 2.81. The number of sulfone groups is 1. The van der Waals surface area contributed by atoms with Gasteiger partial charge in [0.1, 0.15) is 9.84 Å². The van der Waals surface area contributed by atoms with Gasteiger partial charge in [0.15, 0.2) is 0 Å². The summed E-state index contributed by atoms with van der Waals surface area (Å²) in [5, 5.41) is 3.94. The number of hydrogen-bond donors (Lipinski definition) is 1. The third-order valence-corrected chi connectivity index (χ3v) is 4.60. The zero-order chi connectivity index (χ0) is 12.5. The molecule has 1 N–H and O–H groups in total. The Morgan fingerprint density at radius 1 is 1.35 bits per heavy atom. The molecule has 1 aliphatic heterocycles. The molecule has 0 spiro atoms.